The summed E-state index contributed by atoms with van der Waals surface area (Å²) in [7, 11) is 0. The van der Waals surface area contributed by atoms with Gasteiger partial charge >= 0.3 is 0 Å². The number of hydrogen-bond acceptors (Lipinski definition) is 3. The summed E-state index contributed by atoms with van der Waals surface area (Å²) in [6.07, 6.45) is 10.0. The highest BCUT2D eigenvalue weighted by molar-refractivity contribution is 7.99. The van der Waals surface area contributed by atoms with Crippen molar-refractivity contribution in [3.05, 3.63) is 0 Å². The van der Waals surface area contributed by atoms with Gasteiger partial charge in [0.15, 0.2) is 0 Å². The molecule has 4 heteroatoms. The highest BCUT2D eigenvalue weighted by Gasteiger charge is 2.41. The SMILES string of the molecule is CSC1CCCC1NC(=O)C1(CN)CCCC1. The molecule has 0 aromatic rings. The summed E-state index contributed by atoms with van der Waals surface area (Å²) >= 11 is 1.89. The monoisotopic (exact) mass is 256 g/mol. The van der Waals surface area contributed by atoms with E-state index in [-0.39, 0.29) is 11.3 Å². The number of thioether (sulfide) groups is 1. The van der Waals surface area contributed by atoms with E-state index < -0.39 is 0 Å². The molecule has 98 valence electrons. The molecule has 2 aliphatic rings. The van der Waals surface area contributed by atoms with Gasteiger partial charge in [0.1, 0.15) is 0 Å². The summed E-state index contributed by atoms with van der Waals surface area (Å²) in [6.45, 7) is 0.509. The molecule has 3 nitrogen and oxygen atoms in total. The standard InChI is InChI=1S/C13H24N2OS/c1-17-11-6-4-5-10(11)15-12(16)13(9-14)7-2-3-8-13/h10-11H,2-9,14H2,1H3,(H,15,16). The van der Waals surface area contributed by atoms with Gasteiger partial charge in [-0.25, -0.2) is 0 Å². The van der Waals surface area contributed by atoms with Gasteiger partial charge in [0.25, 0.3) is 0 Å². The van der Waals surface area contributed by atoms with Crippen molar-refractivity contribution in [1.29, 1.82) is 0 Å². The van der Waals surface area contributed by atoms with E-state index in [0.717, 1.165) is 32.1 Å². The van der Waals surface area contributed by atoms with E-state index in [1.807, 2.05) is 11.8 Å². The molecule has 2 rings (SSSR count). The molecular weight excluding hydrogens is 232 g/mol. The Morgan fingerprint density at radius 3 is 2.65 bits per heavy atom. The van der Waals surface area contributed by atoms with Crippen LogP contribution in [0.5, 0.6) is 0 Å². The molecule has 0 saturated heterocycles. The summed E-state index contributed by atoms with van der Waals surface area (Å²) < 4.78 is 0. The second-order valence-electron chi connectivity index (χ2n) is 5.48. The lowest BCUT2D eigenvalue weighted by molar-refractivity contribution is -0.131. The van der Waals surface area contributed by atoms with E-state index in [4.69, 9.17) is 5.73 Å². The van der Waals surface area contributed by atoms with Crippen LogP contribution in [0.25, 0.3) is 0 Å². The Balaban J connectivity index is 1.96. The number of rotatable bonds is 4. The highest BCUT2D eigenvalue weighted by Crippen LogP contribution is 2.38. The topological polar surface area (TPSA) is 55.1 Å². The van der Waals surface area contributed by atoms with Crippen molar-refractivity contribution in [1.82, 2.24) is 5.32 Å². The quantitative estimate of drug-likeness (QED) is 0.808. The second kappa shape index (κ2) is 5.61. The zero-order valence-corrected chi connectivity index (χ0v) is 11.5. The fraction of sp³-hybridized carbons (Fsp3) is 0.923. The Bertz CT molecular complexity index is 277. The zero-order valence-electron chi connectivity index (χ0n) is 10.7. The molecule has 2 atom stereocenters. The molecule has 2 fully saturated rings. The van der Waals surface area contributed by atoms with Gasteiger partial charge < -0.3 is 11.1 Å². The minimum atomic E-state index is -0.244. The number of nitrogens with two attached hydrogens (primary N) is 1. The summed E-state index contributed by atoms with van der Waals surface area (Å²) in [5.41, 5.74) is 5.60. The van der Waals surface area contributed by atoms with Gasteiger partial charge in [-0.3, -0.25) is 4.79 Å². The first-order chi connectivity index (χ1) is 8.22. The van der Waals surface area contributed by atoms with Crippen molar-refractivity contribution in [2.75, 3.05) is 12.8 Å². The van der Waals surface area contributed by atoms with Crippen LogP contribution in [0.3, 0.4) is 0 Å². The van der Waals surface area contributed by atoms with Crippen molar-refractivity contribution in [3.63, 3.8) is 0 Å². The van der Waals surface area contributed by atoms with Gasteiger partial charge in [-0.05, 0) is 31.9 Å². The second-order valence-corrected chi connectivity index (χ2v) is 6.55. The lowest BCUT2D eigenvalue weighted by Gasteiger charge is -2.29. The van der Waals surface area contributed by atoms with E-state index in [0.29, 0.717) is 17.8 Å². The number of hydrogen-bond donors (Lipinski definition) is 2. The van der Waals surface area contributed by atoms with E-state index in [9.17, 15) is 4.79 Å². The zero-order chi connectivity index (χ0) is 12.3. The minimum absolute atomic E-state index is 0.225. The van der Waals surface area contributed by atoms with E-state index in [2.05, 4.69) is 11.6 Å². The van der Waals surface area contributed by atoms with E-state index >= 15 is 0 Å². The molecule has 0 radical (unpaired) electrons. The number of amides is 1. The minimum Gasteiger partial charge on any atom is -0.352 e. The molecule has 0 aromatic carbocycles. The maximum Gasteiger partial charge on any atom is 0.227 e. The molecule has 0 aromatic heterocycles. The van der Waals surface area contributed by atoms with Crippen LogP contribution in [0.4, 0.5) is 0 Å². The Labute approximate surface area is 108 Å². The Morgan fingerprint density at radius 1 is 1.35 bits per heavy atom. The van der Waals surface area contributed by atoms with E-state index in [1.165, 1.54) is 12.8 Å². The average Bonchev–Trinajstić information content (AvgIpc) is 2.97. The van der Waals surface area contributed by atoms with Crippen LogP contribution in [-0.4, -0.2) is 30.0 Å². The first-order valence-electron chi connectivity index (χ1n) is 6.76. The molecule has 2 unspecified atom stereocenters. The van der Waals surface area contributed by atoms with Crippen molar-refractivity contribution in [3.8, 4) is 0 Å². The van der Waals surface area contributed by atoms with Crippen LogP contribution in [0.2, 0.25) is 0 Å². The Hall–Kier alpha value is -0.220. The van der Waals surface area contributed by atoms with Gasteiger partial charge in [-0.1, -0.05) is 19.3 Å². The third-order valence-corrected chi connectivity index (χ3v) is 5.67. The first kappa shape index (κ1) is 13.2. The van der Waals surface area contributed by atoms with Crippen LogP contribution in [0.1, 0.15) is 44.9 Å². The maximum atomic E-state index is 12.4. The molecule has 0 spiro atoms. The summed E-state index contributed by atoms with van der Waals surface area (Å²) in [5, 5.41) is 3.88. The summed E-state index contributed by atoms with van der Waals surface area (Å²) in [4.78, 5) is 12.4. The van der Waals surface area contributed by atoms with Gasteiger partial charge in [0.2, 0.25) is 5.91 Å². The molecule has 0 heterocycles. The summed E-state index contributed by atoms with van der Waals surface area (Å²) in [6, 6.07) is 0.376. The lowest BCUT2D eigenvalue weighted by atomic mass is 9.85. The predicted molar refractivity (Wildman–Crippen MR) is 73.0 cm³/mol. The number of carbonyl (C=O) groups excluding carboxylic acids is 1. The van der Waals surface area contributed by atoms with Gasteiger partial charge in [-0.2, -0.15) is 11.8 Å². The first-order valence-corrected chi connectivity index (χ1v) is 8.04. The fourth-order valence-corrected chi connectivity index (χ4v) is 4.21. The van der Waals surface area contributed by atoms with Crippen molar-refractivity contribution >= 4 is 17.7 Å². The lowest BCUT2D eigenvalue weighted by Crippen LogP contribution is -2.49. The Morgan fingerprint density at radius 2 is 2.06 bits per heavy atom. The van der Waals surface area contributed by atoms with Gasteiger partial charge in [0.05, 0.1) is 5.41 Å². The van der Waals surface area contributed by atoms with Gasteiger partial charge in [0, 0.05) is 17.8 Å². The third-order valence-electron chi connectivity index (χ3n) is 4.50. The molecule has 2 aliphatic carbocycles. The van der Waals surface area contributed by atoms with Crippen molar-refractivity contribution in [2.45, 2.75) is 56.2 Å². The third kappa shape index (κ3) is 2.63. The molecule has 17 heavy (non-hydrogen) atoms. The number of carbonyl (C=O) groups is 1. The molecule has 2 saturated carbocycles. The molecule has 0 aliphatic heterocycles. The van der Waals surface area contributed by atoms with Crippen LogP contribution in [-0.2, 0) is 4.79 Å². The smallest absolute Gasteiger partial charge is 0.227 e. The normalized spacial score (nSPS) is 31.6. The van der Waals surface area contributed by atoms with Crippen molar-refractivity contribution in [2.24, 2.45) is 11.1 Å². The Kier molecular flexibility index (Phi) is 4.36. The molecule has 1 amide bonds. The van der Waals surface area contributed by atoms with E-state index in [1.54, 1.807) is 0 Å². The van der Waals surface area contributed by atoms with Gasteiger partial charge in [-0.15, -0.1) is 0 Å². The van der Waals surface area contributed by atoms with Crippen molar-refractivity contribution < 1.29 is 4.79 Å². The maximum absolute atomic E-state index is 12.4. The van der Waals surface area contributed by atoms with Crippen LogP contribution >= 0.6 is 11.8 Å². The summed E-state index contributed by atoms with van der Waals surface area (Å²) in [5.74, 6) is 0.225. The largest absolute Gasteiger partial charge is 0.352 e. The molecule has 3 N–H and O–H groups in total. The van der Waals surface area contributed by atoms with Crippen LogP contribution < -0.4 is 11.1 Å². The highest BCUT2D eigenvalue weighted by atomic mass is 32.2. The molecule has 0 bridgehead atoms. The average molecular weight is 256 g/mol. The number of nitrogens with one attached hydrogen (secondary N) is 1. The fourth-order valence-electron chi connectivity index (χ4n) is 3.27. The van der Waals surface area contributed by atoms with Crippen LogP contribution in [0, 0.1) is 5.41 Å². The predicted octanol–water partition coefficient (Wildman–Crippen LogP) is 1.91. The van der Waals surface area contributed by atoms with Crippen LogP contribution in [0.15, 0.2) is 0 Å². The molecular formula is C13H24N2OS.